The minimum atomic E-state index is 0.484. The number of rotatable bonds is 1. The van der Waals surface area contributed by atoms with E-state index in [9.17, 15) is 0 Å². The summed E-state index contributed by atoms with van der Waals surface area (Å²) < 4.78 is 1.15. The van der Waals surface area contributed by atoms with Gasteiger partial charge in [-0.15, -0.1) is 0 Å². The van der Waals surface area contributed by atoms with Gasteiger partial charge in [0, 0.05) is 16.6 Å². The summed E-state index contributed by atoms with van der Waals surface area (Å²) in [6, 6.07) is 6.50. The van der Waals surface area contributed by atoms with Gasteiger partial charge < -0.3 is 5.32 Å². The summed E-state index contributed by atoms with van der Waals surface area (Å²) in [5.41, 5.74) is 3.95. The predicted octanol–water partition coefficient (Wildman–Crippen LogP) is 2.50. The highest BCUT2D eigenvalue weighted by Crippen LogP contribution is 2.33. The molecule has 4 heteroatoms. The third kappa shape index (κ3) is 1.76. The molecule has 1 heterocycles. The lowest BCUT2D eigenvalue weighted by Crippen LogP contribution is -2.18. The van der Waals surface area contributed by atoms with Gasteiger partial charge in [-0.2, -0.15) is 0 Å². The van der Waals surface area contributed by atoms with Gasteiger partial charge in [-0.1, -0.05) is 22.0 Å². The Hall–Kier alpha value is -0.870. The molecule has 0 fully saturated rings. The number of hydrogen-bond acceptors (Lipinski definition) is 1. The zero-order chi connectivity index (χ0) is 11.1. The van der Waals surface area contributed by atoms with Crippen LogP contribution in [-0.4, -0.2) is 5.11 Å². The number of fused-ring (bicyclic) bond motifs is 1. The average molecular weight is 294 g/mol. The van der Waals surface area contributed by atoms with Gasteiger partial charge in [-0.05, 0) is 48.3 Å². The SMILES string of the molecule is S=C1[N]C(C2Cc3ccc(Br)cc3C2)=CN1. The molecule has 0 spiro atoms. The van der Waals surface area contributed by atoms with E-state index in [2.05, 4.69) is 44.8 Å². The summed E-state index contributed by atoms with van der Waals surface area (Å²) in [5.74, 6) is 0.484. The first-order valence-corrected chi connectivity index (χ1v) is 6.42. The molecule has 1 unspecified atom stereocenters. The molecule has 1 aliphatic heterocycles. The van der Waals surface area contributed by atoms with Crippen LogP contribution in [0.25, 0.3) is 0 Å². The molecule has 1 atom stereocenters. The van der Waals surface area contributed by atoms with Crippen LogP contribution in [0.2, 0.25) is 0 Å². The number of halogens is 1. The second-order valence-electron chi connectivity index (χ2n) is 4.15. The molecule has 1 radical (unpaired) electrons. The van der Waals surface area contributed by atoms with Crippen LogP contribution in [0.15, 0.2) is 34.6 Å². The highest BCUT2D eigenvalue weighted by molar-refractivity contribution is 9.10. The third-order valence-corrected chi connectivity index (χ3v) is 3.80. The monoisotopic (exact) mass is 293 g/mol. The predicted molar refractivity (Wildman–Crippen MR) is 71.0 cm³/mol. The Bertz CT molecular complexity index is 496. The van der Waals surface area contributed by atoms with Crippen molar-refractivity contribution in [2.75, 3.05) is 0 Å². The van der Waals surface area contributed by atoms with Crippen LogP contribution in [0, 0.1) is 5.92 Å². The second kappa shape index (κ2) is 3.86. The van der Waals surface area contributed by atoms with Crippen molar-refractivity contribution >= 4 is 33.3 Å². The van der Waals surface area contributed by atoms with Crippen LogP contribution in [0.4, 0.5) is 0 Å². The first-order valence-electron chi connectivity index (χ1n) is 5.22. The van der Waals surface area contributed by atoms with Crippen LogP contribution in [-0.2, 0) is 12.8 Å². The fourth-order valence-electron chi connectivity index (χ4n) is 2.32. The molecule has 1 aliphatic carbocycles. The van der Waals surface area contributed by atoms with Crippen LogP contribution >= 0.6 is 28.1 Å². The van der Waals surface area contributed by atoms with Gasteiger partial charge in [0.1, 0.15) is 0 Å². The Morgan fingerprint density at radius 2 is 2.12 bits per heavy atom. The molecule has 1 aromatic rings. The largest absolute Gasteiger partial charge is 0.336 e. The summed E-state index contributed by atoms with van der Waals surface area (Å²) in [7, 11) is 0. The maximum absolute atomic E-state index is 5.00. The second-order valence-corrected chi connectivity index (χ2v) is 5.45. The lowest BCUT2D eigenvalue weighted by molar-refractivity contribution is 0.633. The smallest absolute Gasteiger partial charge is 0.197 e. The van der Waals surface area contributed by atoms with Crippen LogP contribution in [0.5, 0.6) is 0 Å². The minimum Gasteiger partial charge on any atom is -0.336 e. The zero-order valence-corrected chi connectivity index (χ0v) is 10.9. The quantitative estimate of drug-likeness (QED) is 0.805. The fraction of sp³-hybridized carbons (Fsp3) is 0.250. The van der Waals surface area contributed by atoms with Crippen LogP contribution in [0.3, 0.4) is 0 Å². The summed E-state index contributed by atoms with van der Waals surface area (Å²) in [5, 5.41) is 7.91. The molecule has 2 aliphatic rings. The van der Waals surface area contributed by atoms with E-state index in [1.807, 2.05) is 6.20 Å². The van der Waals surface area contributed by atoms with E-state index in [4.69, 9.17) is 12.2 Å². The van der Waals surface area contributed by atoms with Crippen molar-refractivity contribution in [2.45, 2.75) is 12.8 Å². The first-order chi connectivity index (χ1) is 7.72. The molecule has 0 saturated carbocycles. The maximum Gasteiger partial charge on any atom is 0.197 e. The summed E-state index contributed by atoms with van der Waals surface area (Å²) in [6.07, 6.45) is 4.07. The van der Waals surface area contributed by atoms with E-state index < -0.39 is 0 Å². The zero-order valence-electron chi connectivity index (χ0n) is 8.53. The molecule has 16 heavy (non-hydrogen) atoms. The molecule has 1 aromatic carbocycles. The van der Waals surface area contributed by atoms with E-state index >= 15 is 0 Å². The van der Waals surface area contributed by atoms with E-state index in [1.165, 1.54) is 11.1 Å². The van der Waals surface area contributed by atoms with Crippen molar-refractivity contribution in [3.8, 4) is 0 Å². The molecular formula is C12H10BrN2S. The molecule has 0 saturated heterocycles. The Balaban J connectivity index is 1.83. The van der Waals surface area contributed by atoms with Gasteiger partial charge in [0.25, 0.3) is 0 Å². The number of thiocarbonyl (C=S) groups is 1. The number of benzene rings is 1. The third-order valence-electron chi connectivity index (χ3n) is 3.09. The summed E-state index contributed by atoms with van der Waals surface area (Å²) >= 11 is 8.51. The number of allylic oxidation sites excluding steroid dienone is 1. The molecule has 0 amide bonds. The Morgan fingerprint density at radius 1 is 1.31 bits per heavy atom. The van der Waals surface area contributed by atoms with Gasteiger partial charge in [-0.3, -0.25) is 0 Å². The average Bonchev–Trinajstić information content (AvgIpc) is 2.83. The van der Waals surface area contributed by atoms with Crippen molar-refractivity contribution in [1.29, 1.82) is 0 Å². The molecule has 0 aromatic heterocycles. The van der Waals surface area contributed by atoms with E-state index in [1.54, 1.807) is 0 Å². The number of nitrogens with one attached hydrogen (secondary N) is 1. The standard InChI is InChI=1S/C12H10BrN2S/c13-10-2-1-7-3-9(4-8(7)5-10)11-6-14-12(16)15-11/h1-2,5-6,9H,3-4H2,(H,14,16). The van der Waals surface area contributed by atoms with Crippen LogP contribution < -0.4 is 10.6 Å². The maximum atomic E-state index is 5.00. The summed E-state index contributed by atoms with van der Waals surface area (Å²) in [4.78, 5) is 0. The van der Waals surface area contributed by atoms with E-state index in [0.29, 0.717) is 11.0 Å². The Morgan fingerprint density at radius 3 is 2.88 bits per heavy atom. The molecule has 1 N–H and O–H groups in total. The lowest BCUT2D eigenvalue weighted by atomic mass is 10.0. The van der Waals surface area contributed by atoms with Crippen molar-refractivity contribution in [2.24, 2.45) is 5.92 Å². The Kier molecular flexibility index (Phi) is 2.48. The topological polar surface area (TPSA) is 26.1 Å². The number of nitrogens with zero attached hydrogens (tertiary/aromatic N) is 1. The van der Waals surface area contributed by atoms with E-state index in [-0.39, 0.29) is 0 Å². The van der Waals surface area contributed by atoms with Crippen molar-refractivity contribution in [1.82, 2.24) is 10.6 Å². The Labute approximate surface area is 108 Å². The van der Waals surface area contributed by atoms with Gasteiger partial charge in [0.2, 0.25) is 0 Å². The fourth-order valence-corrected chi connectivity index (χ4v) is 2.90. The number of hydrogen-bond donors (Lipinski definition) is 1. The van der Waals surface area contributed by atoms with E-state index in [0.717, 1.165) is 23.0 Å². The highest BCUT2D eigenvalue weighted by Gasteiger charge is 2.27. The van der Waals surface area contributed by atoms with Crippen molar-refractivity contribution < 1.29 is 0 Å². The van der Waals surface area contributed by atoms with Crippen molar-refractivity contribution in [3.05, 3.63) is 45.7 Å². The first kappa shape index (κ1) is 10.3. The van der Waals surface area contributed by atoms with Gasteiger partial charge >= 0.3 is 0 Å². The molecule has 3 rings (SSSR count). The molecule has 2 nitrogen and oxygen atoms in total. The minimum absolute atomic E-state index is 0.484. The summed E-state index contributed by atoms with van der Waals surface area (Å²) in [6.45, 7) is 0. The van der Waals surface area contributed by atoms with Crippen molar-refractivity contribution in [3.63, 3.8) is 0 Å². The van der Waals surface area contributed by atoms with Gasteiger partial charge in [0.15, 0.2) is 5.11 Å². The van der Waals surface area contributed by atoms with Gasteiger partial charge in [0.05, 0.1) is 5.70 Å². The normalized spacial score (nSPS) is 22.4. The van der Waals surface area contributed by atoms with Gasteiger partial charge in [-0.25, -0.2) is 5.32 Å². The van der Waals surface area contributed by atoms with Crippen LogP contribution in [0.1, 0.15) is 11.1 Å². The molecule has 0 bridgehead atoms. The molecular weight excluding hydrogens is 284 g/mol. The molecule has 81 valence electrons. The highest BCUT2D eigenvalue weighted by atomic mass is 79.9. The lowest BCUT2D eigenvalue weighted by Gasteiger charge is -2.07.